The van der Waals surface area contributed by atoms with Gasteiger partial charge in [-0.05, 0) is 50.6 Å². The third kappa shape index (κ3) is 3.59. The van der Waals surface area contributed by atoms with Gasteiger partial charge in [-0.15, -0.1) is 0 Å². The number of hydrogen-bond acceptors (Lipinski definition) is 5. The SMILES string of the molecule is Cc1cc(Nc2cc(C)c3c(C)nn(-c4ccccc4)c3n2)n(-c2ncc(Cl)cc2Cl)n1. The van der Waals surface area contributed by atoms with E-state index < -0.39 is 0 Å². The molecule has 7 nitrogen and oxygen atoms in total. The first kappa shape index (κ1) is 20.5. The molecule has 1 aromatic carbocycles. The molecule has 4 heterocycles. The molecule has 0 spiro atoms. The van der Waals surface area contributed by atoms with Crippen LogP contribution < -0.4 is 5.32 Å². The Morgan fingerprint density at radius 1 is 0.906 bits per heavy atom. The molecule has 0 fully saturated rings. The molecule has 160 valence electrons. The lowest BCUT2D eigenvalue weighted by atomic mass is 10.1. The zero-order chi connectivity index (χ0) is 22.4. The molecule has 9 heteroatoms. The Morgan fingerprint density at radius 3 is 2.44 bits per heavy atom. The summed E-state index contributed by atoms with van der Waals surface area (Å²) in [5.74, 6) is 1.83. The van der Waals surface area contributed by atoms with Crippen LogP contribution in [0.5, 0.6) is 0 Å². The summed E-state index contributed by atoms with van der Waals surface area (Å²) in [5, 5.41) is 14.5. The van der Waals surface area contributed by atoms with E-state index in [9.17, 15) is 0 Å². The summed E-state index contributed by atoms with van der Waals surface area (Å²) in [6, 6.07) is 15.5. The average Bonchev–Trinajstić information content (AvgIpc) is 3.28. The van der Waals surface area contributed by atoms with Gasteiger partial charge in [-0.3, -0.25) is 0 Å². The van der Waals surface area contributed by atoms with Gasteiger partial charge < -0.3 is 5.32 Å². The van der Waals surface area contributed by atoms with Crippen molar-refractivity contribution in [1.29, 1.82) is 0 Å². The van der Waals surface area contributed by atoms with Crippen molar-refractivity contribution >= 4 is 45.9 Å². The minimum absolute atomic E-state index is 0.404. The van der Waals surface area contributed by atoms with Gasteiger partial charge in [-0.2, -0.15) is 14.9 Å². The molecule has 5 aromatic rings. The van der Waals surface area contributed by atoms with Gasteiger partial charge in [0.05, 0.1) is 27.1 Å². The molecule has 1 N–H and O–H groups in total. The van der Waals surface area contributed by atoms with Crippen LogP contribution in [0.25, 0.3) is 22.5 Å². The minimum Gasteiger partial charge on any atom is -0.325 e. The van der Waals surface area contributed by atoms with Crippen molar-refractivity contribution in [2.24, 2.45) is 0 Å². The number of benzene rings is 1. The van der Waals surface area contributed by atoms with Gasteiger partial charge in [0, 0.05) is 17.6 Å². The molecule has 0 unspecified atom stereocenters. The molecule has 32 heavy (non-hydrogen) atoms. The number of rotatable bonds is 4. The second kappa shape index (κ2) is 7.93. The monoisotopic (exact) mass is 463 g/mol. The Morgan fingerprint density at radius 2 is 1.69 bits per heavy atom. The summed E-state index contributed by atoms with van der Waals surface area (Å²) in [4.78, 5) is 9.23. The van der Waals surface area contributed by atoms with Gasteiger partial charge in [0.15, 0.2) is 11.5 Å². The van der Waals surface area contributed by atoms with Crippen molar-refractivity contribution in [3.8, 4) is 11.5 Å². The zero-order valence-corrected chi connectivity index (χ0v) is 19.1. The molecular formula is C23H19Cl2N7. The first-order valence-electron chi connectivity index (χ1n) is 9.98. The van der Waals surface area contributed by atoms with E-state index in [0.717, 1.165) is 33.7 Å². The number of nitrogens with zero attached hydrogens (tertiary/aromatic N) is 6. The number of para-hydroxylation sites is 1. The van der Waals surface area contributed by atoms with Crippen molar-refractivity contribution in [3.05, 3.63) is 81.7 Å². The molecule has 0 atom stereocenters. The Hall–Kier alpha value is -3.42. The number of anilines is 2. The average molecular weight is 464 g/mol. The smallest absolute Gasteiger partial charge is 0.174 e. The zero-order valence-electron chi connectivity index (χ0n) is 17.6. The summed E-state index contributed by atoms with van der Waals surface area (Å²) in [7, 11) is 0. The normalized spacial score (nSPS) is 11.3. The molecule has 0 saturated heterocycles. The van der Waals surface area contributed by atoms with Crippen molar-refractivity contribution < 1.29 is 0 Å². The van der Waals surface area contributed by atoms with Crippen LogP contribution in [-0.4, -0.2) is 29.5 Å². The summed E-state index contributed by atoms with van der Waals surface area (Å²) < 4.78 is 3.51. The van der Waals surface area contributed by atoms with Gasteiger partial charge in [-0.1, -0.05) is 41.4 Å². The first-order chi connectivity index (χ1) is 15.4. The number of aromatic nitrogens is 6. The standard InChI is InChI=1S/C23H19Cl2N7/c1-13-9-19(28-23-21(13)15(3)30-31(23)17-7-5-4-6-8-17)27-20-10-14(2)29-32(20)22-18(25)11-16(24)12-26-22/h4-12H,1-3H3,(H,27,28). The third-order valence-electron chi connectivity index (χ3n) is 5.09. The second-order valence-corrected chi connectivity index (χ2v) is 8.37. The molecule has 0 aliphatic carbocycles. The van der Waals surface area contributed by atoms with E-state index in [2.05, 4.69) is 22.3 Å². The summed E-state index contributed by atoms with van der Waals surface area (Å²) >= 11 is 12.4. The van der Waals surface area contributed by atoms with E-state index in [1.54, 1.807) is 16.9 Å². The van der Waals surface area contributed by atoms with Crippen molar-refractivity contribution in [2.75, 3.05) is 5.32 Å². The molecule has 0 amide bonds. The minimum atomic E-state index is 0.404. The number of pyridine rings is 2. The molecule has 0 aliphatic heterocycles. The Bertz CT molecular complexity index is 1450. The molecule has 0 saturated carbocycles. The highest BCUT2D eigenvalue weighted by atomic mass is 35.5. The maximum absolute atomic E-state index is 6.38. The van der Waals surface area contributed by atoms with E-state index >= 15 is 0 Å². The van der Waals surface area contributed by atoms with Crippen LogP contribution in [0.3, 0.4) is 0 Å². The fourth-order valence-corrected chi connectivity index (χ4v) is 4.22. The van der Waals surface area contributed by atoms with Crippen LogP contribution in [0.2, 0.25) is 10.0 Å². The summed E-state index contributed by atoms with van der Waals surface area (Å²) in [6.45, 7) is 5.96. The number of aryl methyl sites for hydroxylation is 3. The molecular weight excluding hydrogens is 445 g/mol. The fraction of sp³-hybridized carbons (Fsp3) is 0.130. The lowest BCUT2D eigenvalue weighted by molar-refractivity contribution is 0.838. The second-order valence-electron chi connectivity index (χ2n) is 7.52. The van der Waals surface area contributed by atoms with E-state index in [1.807, 2.05) is 61.0 Å². The van der Waals surface area contributed by atoms with Crippen molar-refractivity contribution in [1.82, 2.24) is 29.5 Å². The van der Waals surface area contributed by atoms with Crippen molar-refractivity contribution in [3.63, 3.8) is 0 Å². The van der Waals surface area contributed by atoms with Gasteiger partial charge >= 0.3 is 0 Å². The highest BCUT2D eigenvalue weighted by Gasteiger charge is 2.17. The largest absolute Gasteiger partial charge is 0.325 e. The van der Waals surface area contributed by atoms with E-state index in [0.29, 0.717) is 27.5 Å². The molecule has 0 aliphatic rings. The maximum atomic E-state index is 6.38. The Kier molecular flexibility index (Phi) is 5.07. The lowest BCUT2D eigenvalue weighted by Gasteiger charge is -2.11. The predicted molar refractivity (Wildman–Crippen MR) is 128 cm³/mol. The van der Waals surface area contributed by atoms with Gasteiger partial charge in [0.25, 0.3) is 0 Å². The van der Waals surface area contributed by atoms with Crippen LogP contribution in [0, 0.1) is 20.8 Å². The molecule has 0 radical (unpaired) electrons. The maximum Gasteiger partial charge on any atom is 0.174 e. The third-order valence-corrected chi connectivity index (χ3v) is 5.57. The van der Waals surface area contributed by atoms with Crippen LogP contribution in [-0.2, 0) is 0 Å². The quantitative estimate of drug-likeness (QED) is 0.354. The Labute approximate surface area is 194 Å². The number of fused-ring (bicyclic) bond motifs is 1. The topological polar surface area (TPSA) is 73.5 Å². The van der Waals surface area contributed by atoms with E-state index in [4.69, 9.17) is 33.3 Å². The van der Waals surface area contributed by atoms with Gasteiger partial charge in [0.2, 0.25) is 0 Å². The Balaban J connectivity index is 1.62. The van der Waals surface area contributed by atoms with Crippen molar-refractivity contribution in [2.45, 2.75) is 20.8 Å². The predicted octanol–water partition coefficient (Wildman–Crippen LogP) is 5.98. The van der Waals surface area contributed by atoms with E-state index in [-0.39, 0.29) is 0 Å². The van der Waals surface area contributed by atoms with Gasteiger partial charge in [0.1, 0.15) is 11.6 Å². The van der Waals surface area contributed by atoms with Crippen LogP contribution in [0.4, 0.5) is 11.6 Å². The molecule has 0 bridgehead atoms. The number of nitrogens with one attached hydrogen (secondary N) is 1. The molecule has 4 aromatic heterocycles. The van der Waals surface area contributed by atoms with Crippen LogP contribution in [0.1, 0.15) is 17.0 Å². The summed E-state index contributed by atoms with van der Waals surface area (Å²) in [6.07, 6.45) is 1.54. The fourth-order valence-electron chi connectivity index (χ4n) is 3.76. The highest BCUT2D eigenvalue weighted by molar-refractivity contribution is 6.35. The van der Waals surface area contributed by atoms with Gasteiger partial charge in [-0.25, -0.2) is 14.6 Å². The lowest BCUT2D eigenvalue weighted by Crippen LogP contribution is -2.07. The highest BCUT2D eigenvalue weighted by Crippen LogP contribution is 2.29. The first-order valence-corrected chi connectivity index (χ1v) is 10.7. The number of halogens is 2. The molecule has 5 rings (SSSR count). The summed E-state index contributed by atoms with van der Waals surface area (Å²) in [5.41, 5.74) is 4.54. The number of hydrogen-bond donors (Lipinski definition) is 1. The van der Waals surface area contributed by atoms with Crippen LogP contribution >= 0.6 is 23.2 Å². The van der Waals surface area contributed by atoms with Crippen LogP contribution in [0.15, 0.2) is 54.7 Å². The van der Waals surface area contributed by atoms with E-state index in [1.165, 1.54) is 0 Å².